The number of piperidine rings is 1. The molecule has 1 aromatic carbocycles. The number of rotatable bonds is 3. The van der Waals surface area contributed by atoms with Crippen molar-refractivity contribution in [2.75, 3.05) is 25.0 Å². The van der Waals surface area contributed by atoms with Crippen molar-refractivity contribution in [1.29, 1.82) is 0 Å². The summed E-state index contributed by atoms with van der Waals surface area (Å²) < 4.78 is 1.27. The van der Waals surface area contributed by atoms with Crippen molar-refractivity contribution in [2.24, 2.45) is 0 Å². The summed E-state index contributed by atoms with van der Waals surface area (Å²) in [5.74, 6) is 1.09. The fourth-order valence-corrected chi connectivity index (χ4v) is 4.40. The van der Waals surface area contributed by atoms with E-state index in [2.05, 4.69) is 64.0 Å². The molecule has 1 saturated heterocycles. The normalized spacial score (nSPS) is 15.0. The van der Waals surface area contributed by atoms with Crippen LogP contribution in [0.2, 0.25) is 0 Å². The van der Waals surface area contributed by atoms with Crippen molar-refractivity contribution in [3.05, 3.63) is 35.2 Å². The largest absolute Gasteiger partial charge is 0.354 e. The zero-order valence-electron chi connectivity index (χ0n) is 15.6. The van der Waals surface area contributed by atoms with E-state index in [4.69, 9.17) is 0 Å². The highest BCUT2D eigenvalue weighted by Gasteiger charge is 2.23. The Morgan fingerprint density at radius 3 is 2.48 bits per heavy atom. The summed E-state index contributed by atoms with van der Waals surface area (Å²) in [6.45, 7) is 8.32. The smallest absolute Gasteiger partial charge is 0.168 e. The second-order valence-corrected chi connectivity index (χ2v) is 7.24. The van der Waals surface area contributed by atoms with Gasteiger partial charge in [-0.1, -0.05) is 43.7 Å². The summed E-state index contributed by atoms with van der Waals surface area (Å²) in [5, 5.41) is 13.6. The Kier molecular flexibility index (Phi) is 5.76. The Hall–Kier alpha value is -1.85. The molecule has 0 spiro atoms. The van der Waals surface area contributed by atoms with Crippen molar-refractivity contribution < 1.29 is 0 Å². The molecule has 0 atom stereocenters. The minimum atomic E-state index is 0.577. The number of aromatic amines is 1. The van der Waals surface area contributed by atoms with Gasteiger partial charge < -0.3 is 10.2 Å². The summed E-state index contributed by atoms with van der Waals surface area (Å²) in [4.78, 5) is 2.36. The van der Waals surface area contributed by atoms with Gasteiger partial charge in [0.1, 0.15) is 0 Å². The van der Waals surface area contributed by atoms with Gasteiger partial charge in [0.25, 0.3) is 0 Å². The van der Waals surface area contributed by atoms with Crippen molar-refractivity contribution >= 4 is 27.4 Å². The zero-order chi connectivity index (χ0) is 17.8. The van der Waals surface area contributed by atoms with Crippen LogP contribution in [-0.4, -0.2) is 36.4 Å². The first-order chi connectivity index (χ1) is 12.2. The number of H-pyrrole nitrogens is 1. The number of hydrogen-bond acceptors (Lipinski definition) is 4. The first kappa shape index (κ1) is 18.0. The van der Waals surface area contributed by atoms with Crippen LogP contribution >= 0.6 is 11.3 Å². The van der Waals surface area contributed by atoms with Crippen molar-refractivity contribution in [3.8, 4) is 11.1 Å². The fraction of sp³-hybridized carbons (Fsp3) is 0.450. The molecule has 4 nitrogen and oxygen atoms in total. The van der Waals surface area contributed by atoms with Crippen LogP contribution in [0.4, 0.5) is 5.82 Å². The highest BCUT2D eigenvalue weighted by molar-refractivity contribution is 7.18. The van der Waals surface area contributed by atoms with E-state index in [9.17, 15) is 0 Å². The number of hydrogen-bond donors (Lipinski definition) is 2. The van der Waals surface area contributed by atoms with Crippen molar-refractivity contribution in [1.82, 2.24) is 15.5 Å². The Bertz CT molecular complexity index is 797. The van der Waals surface area contributed by atoms with E-state index in [0.717, 1.165) is 24.4 Å². The molecule has 1 aliphatic heterocycles. The molecule has 2 aromatic heterocycles. The second-order valence-electron chi connectivity index (χ2n) is 6.36. The van der Waals surface area contributed by atoms with E-state index in [1.807, 2.05) is 13.8 Å². The lowest BCUT2D eigenvalue weighted by molar-refractivity contribution is 0.442. The predicted molar refractivity (Wildman–Crippen MR) is 110 cm³/mol. The molecule has 2 N–H and O–H groups in total. The third-order valence-electron chi connectivity index (χ3n) is 4.82. The number of nitrogens with zero attached hydrogens (tertiary/aromatic N) is 2. The van der Waals surface area contributed by atoms with Gasteiger partial charge in [0.2, 0.25) is 0 Å². The highest BCUT2D eigenvalue weighted by Crippen LogP contribution is 2.38. The third kappa shape index (κ3) is 3.58. The molecular formula is C20H28N4S. The van der Waals surface area contributed by atoms with Gasteiger partial charge in [-0.25, -0.2) is 0 Å². The van der Waals surface area contributed by atoms with Gasteiger partial charge in [-0.3, -0.25) is 5.10 Å². The monoisotopic (exact) mass is 356 g/mol. The maximum Gasteiger partial charge on any atom is 0.168 e. The maximum absolute atomic E-state index is 4.63. The molecule has 0 saturated carbocycles. The highest BCUT2D eigenvalue weighted by atomic mass is 32.1. The number of fused-ring (bicyclic) bond motifs is 1. The average Bonchev–Trinajstić information content (AvgIpc) is 3.26. The molecule has 1 fully saturated rings. The van der Waals surface area contributed by atoms with Gasteiger partial charge in [0, 0.05) is 24.0 Å². The molecule has 3 aromatic rings. The first-order valence-electron chi connectivity index (χ1n) is 9.20. The van der Waals surface area contributed by atoms with Crippen LogP contribution < -0.4 is 10.2 Å². The number of nitrogens with one attached hydrogen (secondary N) is 2. The van der Waals surface area contributed by atoms with E-state index in [0.29, 0.717) is 6.04 Å². The van der Waals surface area contributed by atoms with Crippen LogP contribution in [0.15, 0.2) is 29.6 Å². The first-order valence-corrected chi connectivity index (χ1v) is 10.1. The molecule has 0 amide bonds. The summed E-state index contributed by atoms with van der Waals surface area (Å²) in [7, 11) is 2.18. The zero-order valence-corrected chi connectivity index (χ0v) is 16.4. The van der Waals surface area contributed by atoms with Crippen molar-refractivity contribution in [2.45, 2.75) is 39.7 Å². The molecule has 134 valence electrons. The molecule has 4 rings (SSSR count). The molecule has 0 bridgehead atoms. The molecular weight excluding hydrogens is 328 g/mol. The Labute approximate surface area is 154 Å². The Balaban J connectivity index is 0.000000880. The lowest BCUT2D eigenvalue weighted by Crippen LogP contribution is -2.41. The molecule has 5 heteroatoms. The van der Waals surface area contributed by atoms with E-state index < -0.39 is 0 Å². The number of benzene rings is 1. The van der Waals surface area contributed by atoms with E-state index in [-0.39, 0.29) is 0 Å². The van der Waals surface area contributed by atoms with Crippen LogP contribution in [0.1, 0.15) is 32.3 Å². The molecule has 0 radical (unpaired) electrons. The van der Waals surface area contributed by atoms with Crippen LogP contribution in [0, 0.1) is 6.92 Å². The predicted octanol–water partition coefficient (Wildman–Crippen LogP) is 4.81. The molecule has 0 unspecified atom stereocenters. The van der Waals surface area contributed by atoms with Gasteiger partial charge in [0.15, 0.2) is 5.82 Å². The van der Waals surface area contributed by atoms with Crippen LogP contribution in [0.3, 0.4) is 0 Å². The van der Waals surface area contributed by atoms with Gasteiger partial charge >= 0.3 is 0 Å². The fourth-order valence-electron chi connectivity index (χ4n) is 3.34. The van der Waals surface area contributed by atoms with E-state index in [1.54, 1.807) is 11.3 Å². The number of anilines is 1. The van der Waals surface area contributed by atoms with Gasteiger partial charge in [-0.15, -0.1) is 11.3 Å². The minimum Gasteiger partial charge on any atom is -0.354 e. The summed E-state index contributed by atoms with van der Waals surface area (Å²) in [5.41, 5.74) is 4.95. The van der Waals surface area contributed by atoms with Gasteiger partial charge in [0.05, 0.1) is 10.2 Å². The lowest BCUT2D eigenvalue weighted by atomic mass is 10.1. The topological polar surface area (TPSA) is 44.0 Å². The number of thiophene rings is 1. The summed E-state index contributed by atoms with van der Waals surface area (Å²) in [6, 6.07) is 9.28. The average molecular weight is 357 g/mol. The standard InChI is InChI=1S/C18H22N4S.C2H6/c1-12-3-5-13(6-4-12)15-11-23-17-16(15)20-21-18(17)22(2)14-7-9-19-10-8-14;1-2/h3-6,11,14,19H,7-10H2,1-2H3,(H,20,21);1-2H3. The van der Waals surface area contributed by atoms with Crippen molar-refractivity contribution in [3.63, 3.8) is 0 Å². The minimum absolute atomic E-state index is 0.577. The number of aromatic nitrogens is 2. The molecule has 0 aliphatic carbocycles. The van der Waals surface area contributed by atoms with Gasteiger partial charge in [-0.05, 0) is 38.4 Å². The summed E-state index contributed by atoms with van der Waals surface area (Å²) >= 11 is 1.79. The van der Waals surface area contributed by atoms with Crippen LogP contribution in [0.5, 0.6) is 0 Å². The Morgan fingerprint density at radius 1 is 1.12 bits per heavy atom. The van der Waals surface area contributed by atoms with Crippen LogP contribution in [-0.2, 0) is 0 Å². The molecule has 3 heterocycles. The van der Waals surface area contributed by atoms with Gasteiger partial charge in [-0.2, -0.15) is 5.10 Å². The quantitative estimate of drug-likeness (QED) is 0.707. The van der Waals surface area contributed by atoms with E-state index >= 15 is 0 Å². The number of aryl methyl sites for hydroxylation is 1. The van der Waals surface area contributed by atoms with Crippen LogP contribution in [0.25, 0.3) is 21.3 Å². The van der Waals surface area contributed by atoms with E-state index in [1.165, 1.54) is 34.2 Å². The lowest BCUT2D eigenvalue weighted by Gasteiger charge is -2.31. The third-order valence-corrected chi connectivity index (χ3v) is 5.80. The second kappa shape index (κ2) is 8.02. The Morgan fingerprint density at radius 2 is 1.80 bits per heavy atom. The summed E-state index contributed by atoms with van der Waals surface area (Å²) in [6.07, 6.45) is 2.36. The SMILES string of the molecule is CC.Cc1ccc(-c2csc3c(N(C)C4CCNCC4)n[nH]c23)cc1. The molecule has 1 aliphatic rings. The maximum atomic E-state index is 4.63. The molecule has 25 heavy (non-hydrogen) atoms.